The van der Waals surface area contributed by atoms with Crippen LogP contribution in [-0.2, 0) is 20.4 Å². The maximum atomic E-state index is 11.9. The molecule has 7 nitrogen and oxygen atoms in total. The highest BCUT2D eigenvalue weighted by Crippen LogP contribution is 2.38. The number of aliphatic hydroxyl groups is 1. The lowest BCUT2D eigenvalue weighted by atomic mass is 9.75. The van der Waals surface area contributed by atoms with Gasteiger partial charge in [-0.15, -0.1) is 0 Å². The van der Waals surface area contributed by atoms with E-state index in [1.807, 2.05) is 32.9 Å². The molecule has 1 aliphatic rings. The largest absolute Gasteiger partial charge is 0.507 e. The molecule has 2 rings (SSSR count). The smallest absolute Gasteiger partial charge is 0.333 e. The first-order valence-electron chi connectivity index (χ1n) is 11.9. The minimum absolute atomic E-state index is 0.0588. The second-order valence-electron chi connectivity index (χ2n) is 11.1. The Morgan fingerprint density at radius 2 is 1.69 bits per heavy atom. The van der Waals surface area contributed by atoms with Gasteiger partial charge in [0.15, 0.2) is 0 Å². The highest BCUT2D eigenvalue weighted by atomic mass is 16.4. The summed E-state index contributed by atoms with van der Waals surface area (Å²) in [5, 5.41) is 38.3. The first kappa shape index (κ1) is 30.1. The number of aliphatic imine (C=N–C) groups is 1. The van der Waals surface area contributed by atoms with Gasteiger partial charge >= 0.3 is 11.9 Å². The van der Waals surface area contributed by atoms with Gasteiger partial charge in [-0.2, -0.15) is 0 Å². The van der Waals surface area contributed by atoms with Gasteiger partial charge in [0.1, 0.15) is 17.2 Å². The van der Waals surface area contributed by atoms with Crippen molar-refractivity contribution >= 4 is 18.2 Å². The Bertz CT molecular complexity index is 1010. The van der Waals surface area contributed by atoms with Crippen molar-refractivity contribution in [1.29, 1.82) is 0 Å². The van der Waals surface area contributed by atoms with Gasteiger partial charge in [0.05, 0.1) is 5.57 Å². The Morgan fingerprint density at radius 1 is 1.09 bits per heavy atom. The van der Waals surface area contributed by atoms with Gasteiger partial charge in [-0.05, 0) is 41.9 Å². The number of aliphatic carboxylic acids is 2. The summed E-state index contributed by atoms with van der Waals surface area (Å²) in [5.41, 5.74) is 0.0263. The SMILES string of the molecule is CC(C)(C)c1cc(C=N[C@H]2C(C(=O)O)=CC=CC2(C)C(=O)O)c(O)c(C(C)(C)C)c1.CCCCO. The minimum atomic E-state index is -1.51. The summed E-state index contributed by atoms with van der Waals surface area (Å²) in [7, 11) is 0. The van der Waals surface area contributed by atoms with Crippen molar-refractivity contribution in [3.8, 4) is 5.75 Å². The summed E-state index contributed by atoms with van der Waals surface area (Å²) < 4.78 is 0. The number of rotatable bonds is 6. The van der Waals surface area contributed by atoms with E-state index in [-0.39, 0.29) is 22.2 Å². The predicted octanol–water partition coefficient (Wildman–Crippen LogP) is 5.23. The Balaban J connectivity index is 0.00000111. The number of aromatic hydroxyl groups is 1. The maximum absolute atomic E-state index is 11.9. The van der Waals surface area contributed by atoms with Crippen LogP contribution in [0, 0.1) is 5.41 Å². The monoisotopic (exact) mass is 487 g/mol. The van der Waals surface area contributed by atoms with Gasteiger partial charge in [-0.3, -0.25) is 9.79 Å². The van der Waals surface area contributed by atoms with Crippen molar-refractivity contribution in [2.24, 2.45) is 10.4 Å². The molecule has 0 aliphatic heterocycles. The van der Waals surface area contributed by atoms with Gasteiger partial charge < -0.3 is 20.4 Å². The number of nitrogens with zero attached hydrogens (tertiary/aromatic N) is 1. The van der Waals surface area contributed by atoms with Crippen LogP contribution in [0.2, 0.25) is 0 Å². The second kappa shape index (κ2) is 11.7. The zero-order chi connectivity index (χ0) is 27.2. The number of phenolic OH excluding ortho intramolecular Hbond substituents is 1. The number of aliphatic hydroxyl groups excluding tert-OH is 1. The van der Waals surface area contributed by atoms with Crippen molar-refractivity contribution < 1.29 is 30.0 Å². The number of hydrogen-bond donors (Lipinski definition) is 4. The van der Waals surface area contributed by atoms with Crippen molar-refractivity contribution in [3.05, 3.63) is 52.6 Å². The number of carboxylic acid groups (broad SMARTS) is 2. The predicted molar refractivity (Wildman–Crippen MR) is 139 cm³/mol. The molecule has 0 radical (unpaired) electrons. The molecular formula is C28H41NO6. The van der Waals surface area contributed by atoms with Crippen molar-refractivity contribution in [1.82, 2.24) is 0 Å². The third-order valence-electron chi connectivity index (χ3n) is 5.98. The summed E-state index contributed by atoms with van der Waals surface area (Å²) in [6, 6.07) is 2.66. The summed E-state index contributed by atoms with van der Waals surface area (Å²) in [6.07, 6.45) is 7.66. The average molecular weight is 488 g/mol. The number of carboxylic acids is 2. The fourth-order valence-electron chi connectivity index (χ4n) is 3.54. The van der Waals surface area contributed by atoms with E-state index < -0.39 is 23.4 Å². The fourth-order valence-corrected chi connectivity index (χ4v) is 3.54. The number of phenols is 1. The molecule has 0 saturated carbocycles. The minimum Gasteiger partial charge on any atom is -0.507 e. The lowest BCUT2D eigenvalue weighted by molar-refractivity contribution is -0.146. The Hall–Kier alpha value is -2.93. The summed E-state index contributed by atoms with van der Waals surface area (Å²) in [4.78, 5) is 28.0. The molecule has 1 aromatic carbocycles. The molecule has 194 valence electrons. The highest BCUT2D eigenvalue weighted by Gasteiger charge is 2.44. The summed E-state index contributed by atoms with van der Waals surface area (Å²) in [6.45, 7) is 16.0. The molecule has 1 unspecified atom stereocenters. The van der Waals surface area contributed by atoms with Gasteiger partial charge in [0.2, 0.25) is 0 Å². The van der Waals surface area contributed by atoms with Crippen LogP contribution >= 0.6 is 0 Å². The standard InChI is InChI=1S/C24H31NO5.C4H10O/c1-22(2,3)15-11-14(18(26)17(12-15)23(4,5)6)13-25-19-16(20(27)28)9-8-10-24(19,7)21(29)30;1-2-3-4-5/h8-13,19,26H,1-7H3,(H,27,28)(H,29,30);5H,2-4H2,1H3/t19-,24?;/m0./s1. The number of hydrogen-bond acceptors (Lipinski definition) is 5. The molecule has 35 heavy (non-hydrogen) atoms. The molecule has 7 heteroatoms. The first-order valence-corrected chi connectivity index (χ1v) is 11.9. The molecular weight excluding hydrogens is 446 g/mol. The lowest BCUT2D eigenvalue weighted by Gasteiger charge is -2.31. The lowest BCUT2D eigenvalue weighted by Crippen LogP contribution is -2.41. The Labute approximate surface area is 208 Å². The van der Waals surface area contributed by atoms with Crippen molar-refractivity contribution in [2.75, 3.05) is 6.61 Å². The van der Waals surface area contributed by atoms with Gasteiger partial charge in [0.25, 0.3) is 0 Å². The molecule has 1 aliphatic carbocycles. The Kier molecular flexibility index (Phi) is 10.0. The molecule has 2 atom stereocenters. The van der Waals surface area contributed by atoms with Gasteiger partial charge in [-0.1, -0.05) is 73.1 Å². The van der Waals surface area contributed by atoms with Crippen LogP contribution in [0.3, 0.4) is 0 Å². The molecule has 0 bridgehead atoms. The molecule has 0 spiro atoms. The molecule has 1 aromatic rings. The summed E-state index contributed by atoms with van der Waals surface area (Å²) in [5.74, 6) is -2.34. The van der Waals surface area contributed by atoms with E-state index in [2.05, 4.69) is 32.7 Å². The number of unbranched alkanes of at least 4 members (excludes halogenated alkanes) is 1. The van der Waals surface area contributed by atoms with Crippen LogP contribution in [0.25, 0.3) is 0 Å². The van der Waals surface area contributed by atoms with E-state index >= 15 is 0 Å². The average Bonchev–Trinajstić information content (AvgIpc) is 2.72. The summed E-state index contributed by atoms with van der Waals surface area (Å²) >= 11 is 0. The van der Waals surface area contributed by atoms with E-state index in [4.69, 9.17) is 5.11 Å². The number of benzene rings is 1. The van der Waals surface area contributed by atoms with Crippen LogP contribution in [-0.4, -0.2) is 51.2 Å². The molecule has 0 heterocycles. The normalized spacial score (nSPS) is 20.3. The van der Waals surface area contributed by atoms with Crippen LogP contribution in [0.1, 0.15) is 84.9 Å². The van der Waals surface area contributed by atoms with Gasteiger partial charge in [-0.25, -0.2) is 4.79 Å². The molecule has 0 saturated heterocycles. The molecule has 0 fully saturated rings. The fraction of sp³-hybridized carbons (Fsp3) is 0.536. The Morgan fingerprint density at radius 3 is 2.09 bits per heavy atom. The number of carbonyl (C=O) groups is 2. The van der Waals surface area contributed by atoms with Crippen LogP contribution in [0.4, 0.5) is 0 Å². The van der Waals surface area contributed by atoms with Crippen molar-refractivity contribution in [2.45, 2.75) is 85.1 Å². The van der Waals surface area contributed by atoms with E-state index in [9.17, 15) is 24.9 Å². The molecule has 4 N–H and O–H groups in total. The van der Waals surface area contributed by atoms with Crippen LogP contribution < -0.4 is 0 Å². The van der Waals surface area contributed by atoms with E-state index in [1.165, 1.54) is 31.4 Å². The highest BCUT2D eigenvalue weighted by molar-refractivity contribution is 5.94. The third kappa shape index (κ3) is 7.52. The van der Waals surface area contributed by atoms with E-state index in [0.29, 0.717) is 12.2 Å². The zero-order valence-corrected chi connectivity index (χ0v) is 22.2. The molecule has 0 amide bonds. The molecule has 0 aromatic heterocycles. The quantitative estimate of drug-likeness (QED) is 0.407. The van der Waals surface area contributed by atoms with Crippen LogP contribution in [0.15, 0.2) is 40.9 Å². The first-order chi connectivity index (χ1) is 16.0. The second-order valence-corrected chi connectivity index (χ2v) is 11.1. The van der Waals surface area contributed by atoms with E-state index in [0.717, 1.165) is 24.0 Å². The van der Waals surface area contributed by atoms with Crippen molar-refractivity contribution in [3.63, 3.8) is 0 Å². The maximum Gasteiger partial charge on any atom is 0.333 e. The third-order valence-corrected chi connectivity index (χ3v) is 5.98. The topological polar surface area (TPSA) is 127 Å². The number of allylic oxidation sites excluding steroid dienone is 2. The van der Waals surface area contributed by atoms with Gasteiger partial charge in [0, 0.05) is 23.9 Å². The van der Waals surface area contributed by atoms with E-state index in [1.54, 1.807) is 0 Å². The van der Waals surface area contributed by atoms with Crippen LogP contribution in [0.5, 0.6) is 5.75 Å². The zero-order valence-electron chi connectivity index (χ0n) is 22.2.